The first-order valence-corrected chi connectivity index (χ1v) is 6.87. The van der Waals surface area contributed by atoms with Crippen molar-refractivity contribution in [3.05, 3.63) is 30.1 Å². The fourth-order valence-electron chi connectivity index (χ4n) is 2.57. The van der Waals surface area contributed by atoms with E-state index in [2.05, 4.69) is 23.1 Å². The summed E-state index contributed by atoms with van der Waals surface area (Å²) in [5, 5.41) is 13.9. The second-order valence-corrected chi connectivity index (χ2v) is 5.41. The molecule has 0 saturated carbocycles. The molecule has 0 amide bonds. The molecule has 0 saturated heterocycles. The monoisotopic (exact) mass is 307 g/mol. The van der Waals surface area contributed by atoms with Crippen LogP contribution >= 0.6 is 12.4 Å². The van der Waals surface area contributed by atoms with Crippen LogP contribution in [-0.4, -0.2) is 25.8 Å². The summed E-state index contributed by atoms with van der Waals surface area (Å²) in [6.07, 6.45) is 7.21. The Morgan fingerprint density at radius 1 is 1.48 bits per heavy atom. The molecule has 1 atom stereocenters. The summed E-state index contributed by atoms with van der Waals surface area (Å²) in [6, 6.07) is 3.96. The molecule has 6 heteroatoms. The lowest BCUT2D eigenvalue weighted by molar-refractivity contribution is -0.137. The van der Waals surface area contributed by atoms with Gasteiger partial charge in [-0.3, -0.25) is 4.79 Å². The largest absolute Gasteiger partial charge is 0.480 e. The number of carboxylic acids is 1. The predicted molar refractivity (Wildman–Crippen MR) is 83.4 cm³/mol. The molecule has 21 heavy (non-hydrogen) atoms. The first kappa shape index (κ1) is 15.5. The van der Waals surface area contributed by atoms with Crippen molar-refractivity contribution in [1.82, 2.24) is 14.8 Å². The predicted octanol–water partition coefficient (Wildman–Crippen LogP) is 3.14. The molecule has 0 bridgehead atoms. The lowest BCUT2D eigenvalue weighted by Crippen LogP contribution is -2.11. The summed E-state index contributed by atoms with van der Waals surface area (Å²) >= 11 is 0. The van der Waals surface area contributed by atoms with Crippen molar-refractivity contribution in [2.75, 3.05) is 0 Å². The topological polar surface area (TPSA) is 68.0 Å². The van der Waals surface area contributed by atoms with E-state index in [0.717, 1.165) is 29.8 Å². The van der Waals surface area contributed by atoms with Gasteiger partial charge < -0.3 is 5.11 Å². The Morgan fingerprint density at radius 3 is 2.95 bits per heavy atom. The highest BCUT2D eigenvalue weighted by molar-refractivity contribution is 5.85. The number of hydrogen-bond donors (Lipinski definition) is 1. The van der Waals surface area contributed by atoms with Crippen molar-refractivity contribution in [3.8, 4) is 0 Å². The van der Waals surface area contributed by atoms with Crippen LogP contribution in [-0.2, 0) is 11.3 Å². The molecule has 0 fully saturated rings. The maximum atomic E-state index is 10.8. The first-order chi connectivity index (χ1) is 9.63. The Hall–Kier alpha value is -1.88. The molecule has 1 aliphatic rings. The van der Waals surface area contributed by atoms with Crippen LogP contribution < -0.4 is 0 Å². The standard InChI is InChI=1S/C15H17N3O2.ClH/c1-10-2-4-11(5-3-10)13-7-6-12-8-16-18(9-14(19)20)15(12)17-13;/h4,6-8,10H,2-3,5,9H2,1H3,(H,19,20);1H. The van der Waals surface area contributed by atoms with Crippen molar-refractivity contribution in [1.29, 1.82) is 0 Å². The van der Waals surface area contributed by atoms with Gasteiger partial charge in [0.1, 0.15) is 6.54 Å². The molecule has 2 aromatic rings. The van der Waals surface area contributed by atoms with Gasteiger partial charge in [0, 0.05) is 5.39 Å². The van der Waals surface area contributed by atoms with E-state index < -0.39 is 5.97 Å². The zero-order chi connectivity index (χ0) is 14.1. The van der Waals surface area contributed by atoms with Crippen molar-refractivity contribution in [3.63, 3.8) is 0 Å². The normalized spacial score (nSPS) is 18.1. The Morgan fingerprint density at radius 2 is 2.29 bits per heavy atom. The summed E-state index contributed by atoms with van der Waals surface area (Å²) < 4.78 is 1.44. The number of carboxylic acid groups (broad SMARTS) is 1. The highest BCUT2D eigenvalue weighted by atomic mass is 35.5. The van der Waals surface area contributed by atoms with Gasteiger partial charge in [0.05, 0.1) is 11.9 Å². The summed E-state index contributed by atoms with van der Waals surface area (Å²) in [7, 11) is 0. The second kappa shape index (κ2) is 6.26. The van der Waals surface area contributed by atoms with E-state index in [1.165, 1.54) is 16.7 Å². The quantitative estimate of drug-likeness (QED) is 0.946. The molecule has 3 rings (SSSR count). The van der Waals surface area contributed by atoms with Gasteiger partial charge in [0.2, 0.25) is 0 Å². The number of hydrogen-bond acceptors (Lipinski definition) is 3. The number of fused-ring (bicyclic) bond motifs is 1. The number of nitrogens with zero attached hydrogens (tertiary/aromatic N) is 3. The average molecular weight is 308 g/mol. The third-order valence-corrected chi connectivity index (χ3v) is 3.77. The van der Waals surface area contributed by atoms with Gasteiger partial charge in [-0.2, -0.15) is 5.10 Å². The lowest BCUT2D eigenvalue weighted by Gasteiger charge is -2.17. The maximum Gasteiger partial charge on any atom is 0.325 e. The zero-order valence-electron chi connectivity index (χ0n) is 11.8. The fraction of sp³-hybridized carbons (Fsp3) is 0.400. The van der Waals surface area contributed by atoms with Crippen LogP contribution in [0.3, 0.4) is 0 Å². The van der Waals surface area contributed by atoms with Crippen LogP contribution in [0.25, 0.3) is 16.6 Å². The van der Waals surface area contributed by atoms with Crippen molar-refractivity contribution in [2.45, 2.75) is 32.7 Å². The van der Waals surface area contributed by atoms with Gasteiger partial charge in [-0.05, 0) is 42.9 Å². The molecule has 1 aliphatic carbocycles. The minimum absolute atomic E-state index is 0. The first-order valence-electron chi connectivity index (χ1n) is 6.87. The lowest BCUT2D eigenvalue weighted by atomic mass is 9.89. The van der Waals surface area contributed by atoms with Gasteiger partial charge >= 0.3 is 5.97 Å². The van der Waals surface area contributed by atoms with Crippen LogP contribution in [0, 0.1) is 5.92 Å². The second-order valence-electron chi connectivity index (χ2n) is 5.41. The van der Waals surface area contributed by atoms with E-state index in [1.54, 1.807) is 6.20 Å². The van der Waals surface area contributed by atoms with E-state index in [9.17, 15) is 4.79 Å². The summed E-state index contributed by atoms with van der Waals surface area (Å²) in [4.78, 5) is 15.4. The van der Waals surface area contributed by atoms with Gasteiger partial charge in [0.15, 0.2) is 5.65 Å². The van der Waals surface area contributed by atoms with Gasteiger partial charge in [-0.15, -0.1) is 12.4 Å². The van der Waals surface area contributed by atoms with E-state index in [-0.39, 0.29) is 19.0 Å². The van der Waals surface area contributed by atoms with Crippen molar-refractivity contribution in [2.24, 2.45) is 5.92 Å². The summed E-state index contributed by atoms with van der Waals surface area (Å²) in [6.45, 7) is 2.10. The average Bonchev–Trinajstić information content (AvgIpc) is 2.81. The molecule has 1 N–H and O–H groups in total. The van der Waals surface area contributed by atoms with E-state index in [0.29, 0.717) is 5.65 Å². The number of allylic oxidation sites excluding steroid dienone is 2. The Bertz CT molecular complexity index is 693. The Kier molecular flexibility index (Phi) is 4.63. The third kappa shape index (κ3) is 3.24. The van der Waals surface area contributed by atoms with Crippen LogP contribution in [0.4, 0.5) is 0 Å². The van der Waals surface area contributed by atoms with Gasteiger partial charge in [-0.25, -0.2) is 9.67 Å². The highest BCUT2D eigenvalue weighted by Gasteiger charge is 2.14. The molecule has 5 nitrogen and oxygen atoms in total. The Balaban J connectivity index is 0.00000161. The molecule has 112 valence electrons. The number of halogens is 1. The SMILES string of the molecule is CC1CC=C(c2ccc3cnn(CC(=O)O)c3n2)CC1.Cl. The minimum Gasteiger partial charge on any atom is -0.480 e. The van der Waals surface area contributed by atoms with Crippen LogP contribution in [0.5, 0.6) is 0 Å². The number of aromatic nitrogens is 3. The molecule has 1 unspecified atom stereocenters. The Labute approximate surface area is 129 Å². The summed E-state index contributed by atoms with van der Waals surface area (Å²) in [5.74, 6) is -0.173. The third-order valence-electron chi connectivity index (χ3n) is 3.77. The molecular weight excluding hydrogens is 290 g/mol. The smallest absolute Gasteiger partial charge is 0.325 e. The highest BCUT2D eigenvalue weighted by Crippen LogP contribution is 2.29. The van der Waals surface area contributed by atoms with E-state index >= 15 is 0 Å². The fourth-order valence-corrected chi connectivity index (χ4v) is 2.57. The number of carbonyl (C=O) groups is 1. The number of rotatable bonds is 3. The molecular formula is C15H18ClN3O2. The van der Waals surface area contributed by atoms with Gasteiger partial charge in [0.25, 0.3) is 0 Å². The van der Waals surface area contributed by atoms with E-state index in [1.807, 2.05) is 12.1 Å². The maximum absolute atomic E-state index is 10.8. The molecule has 0 aromatic carbocycles. The number of aliphatic carboxylic acids is 1. The van der Waals surface area contributed by atoms with E-state index in [4.69, 9.17) is 5.11 Å². The molecule has 0 radical (unpaired) electrons. The molecule has 2 aromatic heterocycles. The molecule has 2 heterocycles. The van der Waals surface area contributed by atoms with Crippen molar-refractivity contribution < 1.29 is 9.90 Å². The molecule has 0 aliphatic heterocycles. The van der Waals surface area contributed by atoms with Crippen LogP contribution in [0.1, 0.15) is 31.9 Å². The van der Waals surface area contributed by atoms with Gasteiger partial charge in [-0.1, -0.05) is 13.0 Å². The van der Waals surface area contributed by atoms with Crippen LogP contribution in [0.15, 0.2) is 24.4 Å². The van der Waals surface area contributed by atoms with Crippen LogP contribution in [0.2, 0.25) is 0 Å². The minimum atomic E-state index is -0.909. The zero-order valence-corrected chi connectivity index (χ0v) is 12.6. The number of pyridine rings is 1. The summed E-state index contributed by atoms with van der Waals surface area (Å²) in [5.41, 5.74) is 2.84. The van der Waals surface area contributed by atoms with Crippen molar-refractivity contribution >= 4 is 35.0 Å². The molecule has 0 spiro atoms.